The van der Waals surface area contributed by atoms with E-state index in [-0.39, 0.29) is 11.8 Å². The standard InChI is InChI=1S/C16H24N2O4S/c1-11-10-15(12(2)9-14(11)22-4)23(20,21)18-7-5-13(6-8-18)16(19)17-3/h9-10,13H,5-8H2,1-4H3,(H,17,19). The molecule has 0 bridgehead atoms. The fraction of sp³-hybridized carbons (Fsp3) is 0.562. The van der Waals surface area contributed by atoms with Gasteiger partial charge in [0.1, 0.15) is 5.75 Å². The van der Waals surface area contributed by atoms with Crippen molar-refractivity contribution in [2.75, 3.05) is 27.2 Å². The number of carbonyl (C=O) groups is 1. The van der Waals surface area contributed by atoms with Crippen LogP contribution in [0.2, 0.25) is 0 Å². The normalized spacial score (nSPS) is 17.0. The van der Waals surface area contributed by atoms with E-state index >= 15 is 0 Å². The molecule has 128 valence electrons. The van der Waals surface area contributed by atoms with Crippen molar-refractivity contribution in [1.82, 2.24) is 9.62 Å². The lowest BCUT2D eigenvalue weighted by atomic mass is 9.97. The number of sulfonamides is 1. The smallest absolute Gasteiger partial charge is 0.243 e. The van der Waals surface area contributed by atoms with Crippen LogP contribution in [0.3, 0.4) is 0 Å². The maximum Gasteiger partial charge on any atom is 0.243 e. The number of benzene rings is 1. The molecule has 1 amide bonds. The molecule has 0 aromatic heterocycles. The van der Waals surface area contributed by atoms with Gasteiger partial charge in [0.05, 0.1) is 12.0 Å². The molecular weight excluding hydrogens is 316 g/mol. The third-order valence-electron chi connectivity index (χ3n) is 4.38. The minimum absolute atomic E-state index is 0.0153. The summed E-state index contributed by atoms with van der Waals surface area (Å²) in [6.45, 7) is 4.33. The predicted octanol–water partition coefficient (Wildman–Crippen LogP) is 1.46. The zero-order valence-electron chi connectivity index (χ0n) is 14.0. The van der Waals surface area contributed by atoms with Crippen LogP contribution < -0.4 is 10.1 Å². The van der Waals surface area contributed by atoms with E-state index in [0.29, 0.717) is 42.1 Å². The highest BCUT2D eigenvalue weighted by molar-refractivity contribution is 7.89. The van der Waals surface area contributed by atoms with Crippen LogP contribution in [0, 0.1) is 19.8 Å². The van der Waals surface area contributed by atoms with Gasteiger partial charge >= 0.3 is 0 Å². The van der Waals surface area contributed by atoms with Gasteiger partial charge in [-0.15, -0.1) is 0 Å². The lowest BCUT2D eigenvalue weighted by molar-refractivity contribution is -0.125. The Morgan fingerprint density at radius 1 is 1.22 bits per heavy atom. The van der Waals surface area contributed by atoms with Crippen LogP contribution in [0.5, 0.6) is 5.75 Å². The molecule has 0 radical (unpaired) electrons. The Bertz CT molecular complexity index is 692. The van der Waals surface area contributed by atoms with E-state index in [1.807, 2.05) is 6.92 Å². The number of nitrogens with zero attached hydrogens (tertiary/aromatic N) is 1. The third-order valence-corrected chi connectivity index (χ3v) is 6.42. The van der Waals surface area contributed by atoms with Crippen molar-refractivity contribution in [3.63, 3.8) is 0 Å². The zero-order chi connectivity index (χ0) is 17.2. The van der Waals surface area contributed by atoms with Gasteiger partial charge in [0, 0.05) is 26.1 Å². The average Bonchev–Trinajstić information content (AvgIpc) is 2.55. The number of rotatable bonds is 4. The number of methoxy groups -OCH3 is 1. The van der Waals surface area contributed by atoms with E-state index in [4.69, 9.17) is 4.74 Å². The van der Waals surface area contributed by atoms with E-state index in [9.17, 15) is 13.2 Å². The molecule has 0 spiro atoms. The molecule has 0 atom stereocenters. The Labute approximate surface area is 137 Å². The first-order valence-corrected chi connectivity index (χ1v) is 9.12. The van der Waals surface area contributed by atoms with Gasteiger partial charge in [-0.2, -0.15) is 4.31 Å². The second-order valence-electron chi connectivity index (χ2n) is 5.88. The maximum absolute atomic E-state index is 12.9. The Hall–Kier alpha value is -1.60. The molecule has 0 aliphatic carbocycles. The molecule has 6 nitrogen and oxygen atoms in total. The summed E-state index contributed by atoms with van der Waals surface area (Å²) >= 11 is 0. The molecule has 2 rings (SSSR count). The first kappa shape index (κ1) is 17.7. The van der Waals surface area contributed by atoms with Crippen molar-refractivity contribution >= 4 is 15.9 Å². The number of carbonyl (C=O) groups excluding carboxylic acids is 1. The molecular formula is C16H24N2O4S. The van der Waals surface area contributed by atoms with Gasteiger partial charge in [0.2, 0.25) is 15.9 Å². The number of piperidine rings is 1. The van der Waals surface area contributed by atoms with Crippen molar-refractivity contribution < 1.29 is 17.9 Å². The number of ether oxygens (including phenoxy) is 1. The minimum atomic E-state index is -3.55. The molecule has 0 saturated carbocycles. The summed E-state index contributed by atoms with van der Waals surface area (Å²) in [6.07, 6.45) is 1.10. The molecule has 1 aliphatic rings. The molecule has 1 aromatic rings. The highest BCUT2D eigenvalue weighted by Crippen LogP contribution is 2.30. The third kappa shape index (κ3) is 3.50. The first-order valence-electron chi connectivity index (χ1n) is 7.68. The van der Waals surface area contributed by atoms with Crippen LogP contribution in [0.4, 0.5) is 0 Å². The number of nitrogens with one attached hydrogen (secondary N) is 1. The second kappa shape index (κ2) is 6.88. The van der Waals surface area contributed by atoms with Crippen molar-refractivity contribution in [2.24, 2.45) is 5.92 Å². The Kier molecular flexibility index (Phi) is 5.31. The van der Waals surface area contributed by atoms with E-state index < -0.39 is 10.0 Å². The molecule has 1 aliphatic heterocycles. The Balaban J connectivity index is 2.24. The van der Waals surface area contributed by atoms with E-state index in [0.717, 1.165) is 5.56 Å². The van der Waals surface area contributed by atoms with Gasteiger partial charge < -0.3 is 10.1 Å². The highest BCUT2D eigenvalue weighted by Gasteiger charge is 2.32. The van der Waals surface area contributed by atoms with E-state index in [1.165, 1.54) is 4.31 Å². The van der Waals surface area contributed by atoms with Crippen molar-refractivity contribution in [1.29, 1.82) is 0 Å². The predicted molar refractivity (Wildman–Crippen MR) is 88.0 cm³/mol. The maximum atomic E-state index is 12.9. The number of amides is 1. The number of hydrogen-bond donors (Lipinski definition) is 1. The molecule has 1 N–H and O–H groups in total. The summed E-state index contributed by atoms with van der Waals surface area (Å²) in [5, 5.41) is 2.63. The van der Waals surface area contributed by atoms with Crippen LogP contribution in [0.1, 0.15) is 24.0 Å². The quantitative estimate of drug-likeness (QED) is 0.900. The second-order valence-corrected chi connectivity index (χ2v) is 7.79. The Morgan fingerprint density at radius 2 is 1.83 bits per heavy atom. The highest BCUT2D eigenvalue weighted by atomic mass is 32.2. The molecule has 23 heavy (non-hydrogen) atoms. The molecule has 7 heteroatoms. The molecule has 0 unspecified atom stereocenters. The van der Waals surface area contributed by atoms with Gasteiger partial charge in [-0.25, -0.2) is 8.42 Å². The van der Waals surface area contributed by atoms with Gasteiger partial charge in [-0.3, -0.25) is 4.79 Å². The van der Waals surface area contributed by atoms with Gasteiger partial charge in [0.25, 0.3) is 0 Å². The van der Waals surface area contributed by atoms with E-state index in [2.05, 4.69) is 5.32 Å². The minimum Gasteiger partial charge on any atom is -0.496 e. The van der Waals surface area contributed by atoms with Crippen LogP contribution in [0.25, 0.3) is 0 Å². The van der Waals surface area contributed by atoms with Crippen molar-refractivity contribution in [3.8, 4) is 5.75 Å². The molecule has 1 aromatic carbocycles. The Morgan fingerprint density at radius 3 is 2.35 bits per heavy atom. The van der Waals surface area contributed by atoms with E-state index in [1.54, 1.807) is 33.2 Å². The first-order chi connectivity index (χ1) is 10.8. The van der Waals surface area contributed by atoms with Crippen LogP contribution in [-0.4, -0.2) is 45.9 Å². The summed E-state index contributed by atoms with van der Waals surface area (Å²) in [7, 11) is -0.375. The molecule has 1 heterocycles. The monoisotopic (exact) mass is 340 g/mol. The van der Waals surface area contributed by atoms with Crippen LogP contribution in [0.15, 0.2) is 17.0 Å². The van der Waals surface area contributed by atoms with Crippen LogP contribution in [-0.2, 0) is 14.8 Å². The molecule has 1 fully saturated rings. The summed E-state index contributed by atoms with van der Waals surface area (Å²) in [5.41, 5.74) is 1.46. The summed E-state index contributed by atoms with van der Waals surface area (Å²) in [5.74, 6) is 0.559. The zero-order valence-corrected chi connectivity index (χ0v) is 14.9. The number of aryl methyl sites for hydroxylation is 2. The lowest BCUT2D eigenvalue weighted by Gasteiger charge is -2.30. The summed E-state index contributed by atoms with van der Waals surface area (Å²) in [6, 6.07) is 3.41. The van der Waals surface area contributed by atoms with Gasteiger partial charge in [-0.1, -0.05) is 0 Å². The number of hydrogen-bond acceptors (Lipinski definition) is 4. The largest absolute Gasteiger partial charge is 0.496 e. The SMILES string of the molecule is CNC(=O)C1CCN(S(=O)(=O)c2cc(C)c(OC)cc2C)CC1. The fourth-order valence-electron chi connectivity index (χ4n) is 2.96. The van der Waals surface area contributed by atoms with Gasteiger partial charge in [-0.05, 0) is 49.9 Å². The van der Waals surface area contributed by atoms with Crippen molar-refractivity contribution in [3.05, 3.63) is 23.3 Å². The van der Waals surface area contributed by atoms with Gasteiger partial charge in [0.15, 0.2) is 0 Å². The fourth-order valence-corrected chi connectivity index (χ4v) is 4.72. The lowest BCUT2D eigenvalue weighted by Crippen LogP contribution is -2.42. The summed E-state index contributed by atoms with van der Waals surface area (Å²) in [4.78, 5) is 12.0. The van der Waals surface area contributed by atoms with Crippen LogP contribution >= 0.6 is 0 Å². The average molecular weight is 340 g/mol. The molecule has 1 saturated heterocycles. The summed E-state index contributed by atoms with van der Waals surface area (Å²) < 4.78 is 32.5. The van der Waals surface area contributed by atoms with Crippen molar-refractivity contribution in [2.45, 2.75) is 31.6 Å². The topological polar surface area (TPSA) is 75.7 Å².